The smallest absolute Gasteiger partial charge is 0.161 e. The van der Waals surface area contributed by atoms with Crippen LogP contribution in [0.4, 0.5) is 0 Å². The zero-order valence-electron chi connectivity index (χ0n) is 12.7. The second-order valence-corrected chi connectivity index (χ2v) is 4.88. The molecule has 0 atom stereocenters. The Kier molecular flexibility index (Phi) is 4.99. The van der Waals surface area contributed by atoms with E-state index in [1.54, 1.807) is 25.3 Å². The SMILES string of the molecule is CCc1ccc(COc2ccc(C(C)=O)cc2OC)cc1. The van der Waals surface area contributed by atoms with E-state index < -0.39 is 0 Å². The Hall–Kier alpha value is -2.29. The van der Waals surface area contributed by atoms with Crippen molar-refractivity contribution in [2.24, 2.45) is 0 Å². The molecule has 0 aliphatic carbocycles. The highest BCUT2D eigenvalue weighted by Crippen LogP contribution is 2.29. The normalized spacial score (nSPS) is 10.2. The third-order valence-corrected chi connectivity index (χ3v) is 3.40. The number of hydrogen-bond donors (Lipinski definition) is 0. The number of aryl methyl sites for hydroxylation is 1. The average Bonchev–Trinajstić information content (AvgIpc) is 2.53. The summed E-state index contributed by atoms with van der Waals surface area (Å²) >= 11 is 0. The van der Waals surface area contributed by atoms with Gasteiger partial charge in [-0.05, 0) is 42.7 Å². The summed E-state index contributed by atoms with van der Waals surface area (Å²) in [5, 5.41) is 0. The molecule has 110 valence electrons. The summed E-state index contributed by atoms with van der Waals surface area (Å²) in [7, 11) is 1.57. The van der Waals surface area contributed by atoms with E-state index in [4.69, 9.17) is 9.47 Å². The first kappa shape index (κ1) is 15.1. The van der Waals surface area contributed by atoms with Crippen LogP contribution in [0.15, 0.2) is 42.5 Å². The predicted molar refractivity (Wildman–Crippen MR) is 83.2 cm³/mol. The maximum Gasteiger partial charge on any atom is 0.161 e. The number of rotatable bonds is 6. The molecule has 0 amide bonds. The number of hydrogen-bond acceptors (Lipinski definition) is 3. The van der Waals surface area contributed by atoms with Crippen LogP contribution in [-0.4, -0.2) is 12.9 Å². The Balaban J connectivity index is 2.09. The van der Waals surface area contributed by atoms with Crippen LogP contribution in [0.25, 0.3) is 0 Å². The maximum absolute atomic E-state index is 11.4. The van der Waals surface area contributed by atoms with E-state index in [0.29, 0.717) is 23.7 Å². The molecule has 0 spiro atoms. The molecule has 0 aliphatic heterocycles. The van der Waals surface area contributed by atoms with E-state index in [9.17, 15) is 4.79 Å². The molecular weight excluding hydrogens is 264 g/mol. The fraction of sp³-hybridized carbons (Fsp3) is 0.278. The van der Waals surface area contributed by atoms with Gasteiger partial charge in [0.25, 0.3) is 0 Å². The van der Waals surface area contributed by atoms with Gasteiger partial charge in [-0.1, -0.05) is 31.2 Å². The zero-order chi connectivity index (χ0) is 15.2. The standard InChI is InChI=1S/C18H20O3/c1-4-14-5-7-15(8-6-14)12-21-17-10-9-16(13(2)19)11-18(17)20-3/h5-11H,4,12H2,1-3H3. The van der Waals surface area contributed by atoms with Crippen LogP contribution in [0.3, 0.4) is 0 Å². The lowest BCUT2D eigenvalue weighted by Crippen LogP contribution is -2.00. The molecule has 3 heteroatoms. The van der Waals surface area contributed by atoms with Crippen LogP contribution in [0.2, 0.25) is 0 Å². The summed E-state index contributed by atoms with van der Waals surface area (Å²) in [5.41, 5.74) is 3.03. The van der Waals surface area contributed by atoms with E-state index in [1.165, 1.54) is 12.5 Å². The highest BCUT2D eigenvalue weighted by Gasteiger charge is 2.08. The molecule has 0 heterocycles. The molecule has 2 aromatic carbocycles. The fourth-order valence-corrected chi connectivity index (χ4v) is 2.04. The molecule has 0 fully saturated rings. The van der Waals surface area contributed by atoms with Gasteiger partial charge in [-0.25, -0.2) is 0 Å². The first-order valence-corrected chi connectivity index (χ1v) is 7.03. The van der Waals surface area contributed by atoms with Gasteiger partial charge in [0.15, 0.2) is 17.3 Å². The van der Waals surface area contributed by atoms with Gasteiger partial charge in [-0.2, -0.15) is 0 Å². The monoisotopic (exact) mass is 284 g/mol. The number of methoxy groups -OCH3 is 1. The van der Waals surface area contributed by atoms with Gasteiger partial charge in [0.1, 0.15) is 6.61 Å². The summed E-state index contributed by atoms with van der Waals surface area (Å²) in [6.07, 6.45) is 1.03. The minimum absolute atomic E-state index is 0.00926. The lowest BCUT2D eigenvalue weighted by Gasteiger charge is -2.12. The minimum Gasteiger partial charge on any atom is -0.493 e. The average molecular weight is 284 g/mol. The van der Waals surface area contributed by atoms with Crippen LogP contribution < -0.4 is 9.47 Å². The third-order valence-electron chi connectivity index (χ3n) is 3.40. The minimum atomic E-state index is 0.00926. The fourth-order valence-electron chi connectivity index (χ4n) is 2.04. The van der Waals surface area contributed by atoms with E-state index in [1.807, 2.05) is 0 Å². The van der Waals surface area contributed by atoms with Gasteiger partial charge < -0.3 is 9.47 Å². The molecule has 3 nitrogen and oxygen atoms in total. The van der Waals surface area contributed by atoms with Gasteiger partial charge in [0, 0.05) is 5.56 Å². The number of carbonyl (C=O) groups is 1. The van der Waals surface area contributed by atoms with E-state index in [2.05, 4.69) is 31.2 Å². The Labute approximate surface area is 125 Å². The quantitative estimate of drug-likeness (QED) is 0.751. The van der Waals surface area contributed by atoms with Crippen molar-refractivity contribution in [2.75, 3.05) is 7.11 Å². The molecule has 0 unspecified atom stereocenters. The second kappa shape index (κ2) is 6.93. The molecule has 0 bridgehead atoms. The van der Waals surface area contributed by atoms with Crippen molar-refractivity contribution >= 4 is 5.78 Å². The Morgan fingerprint density at radius 2 is 1.67 bits per heavy atom. The zero-order valence-corrected chi connectivity index (χ0v) is 12.7. The van der Waals surface area contributed by atoms with Crippen molar-refractivity contribution in [1.29, 1.82) is 0 Å². The van der Waals surface area contributed by atoms with Gasteiger partial charge in [0.2, 0.25) is 0 Å². The Morgan fingerprint density at radius 3 is 2.24 bits per heavy atom. The van der Waals surface area contributed by atoms with Crippen molar-refractivity contribution in [3.8, 4) is 11.5 Å². The third kappa shape index (κ3) is 3.85. The summed E-state index contributed by atoms with van der Waals surface area (Å²) in [5.74, 6) is 1.23. The molecule has 0 saturated heterocycles. The number of Topliss-reactive ketones (excluding diaryl/α,β-unsaturated/α-hetero) is 1. The van der Waals surface area contributed by atoms with Gasteiger partial charge >= 0.3 is 0 Å². The first-order valence-electron chi connectivity index (χ1n) is 7.03. The summed E-state index contributed by atoms with van der Waals surface area (Å²) < 4.78 is 11.1. The Bertz CT molecular complexity index is 615. The Morgan fingerprint density at radius 1 is 1.00 bits per heavy atom. The van der Waals surface area contributed by atoms with Gasteiger partial charge in [0.05, 0.1) is 7.11 Å². The highest BCUT2D eigenvalue weighted by molar-refractivity contribution is 5.94. The molecule has 0 aliphatic rings. The van der Waals surface area contributed by atoms with Crippen LogP contribution in [0.1, 0.15) is 35.3 Å². The van der Waals surface area contributed by atoms with Crippen molar-refractivity contribution in [1.82, 2.24) is 0 Å². The van der Waals surface area contributed by atoms with E-state index in [0.717, 1.165) is 12.0 Å². The van der Waals surface area contributed by atoms with Crippen molar-refractivity contribution in [2.45, 2.75) is 26.9 Å². The molecule has 2 aromatic rings. The van der Waals surface area contributed by atoms with E-state index in [-0.39, 0.29) is 5.78 Å². The van der Waals surface area contributed by atoms with Gasteiger partial charge in [-0.3, -0.25) is 4.79 Å². The maximum atomic E-state index is 11.4. The predicted octanol–water partition coefficient (Wildman–Crippen LogP) is 4.04. The van der Waals surface area contributed by atoms with Crippen LogP contribution >= 0.6 is 0 Å². The van der Waals surface area contributed by atoms with Crippen LogP contribution in [0, 0.1) is 0 Å². The molecular formula is C18H20O3. The second-order valence-electron chi connectivity index (χ2n) is 4.88. The molecule has 0 radical (unpaired) electrons. The van der Waals surface area contributed by atoms with Crippen LogP contribution in [-0.2, 0) is 13.0 Å². The van der Waals surface area contributed by atoms with Crippen LogP contribution in [0.5, 0.6) is 11.5 Å². The molecule has 2 rings (SSSR count). The van der Waals surface area contributed by atoms with Crippen molar-refractivity contribution < 1.29 is 14.3 Å². The van der Waals surface area contributed by atoms with Crippen molar-refractivity contribution in [3.63, 3.8) is 0 Å². The molecule has 21 heavy (non-hydrogen) atoms. The molecule has 0 aromatic heterocycles. The topological polar surface area (TPSA) is 35.5 Å². The van der Waals surface area contributed by atoms with Crippen molar-refractivity contribution in [3.05, 3.63) is 59.2 Å². The number of carbonyl (C=O) groups excluding carboxylic acids is 1. The summed E-state index contributed by atoms with van der Waals surface area (Å²) in [6.45, 7) is 4.14. The number of ether oxygens (including phenoxy) is 2. The first-order chi connectivity index (χ1) is 10.1. The summed E-state index contributed by atoms with van der Waals surface area (Å²) in [6, 6.07) is 13.6. The lowest BCUT2D eigenvalue weighted by atomic mass is 10.1. The molecule has 0 N–H and O–H groups in total. The van der Waals surface area contributed by atoms with E-state index >= 15 is 0 Å². The number of benzene rings is 2. The highest BCUT2D eigenvalue weighted by atomic mass is 16.5. The number of ketones is 1. The van der Waals surface area contributed by atoms with Gasteiger partial charge in [-0.15, -0.1) is 0 Å². The largest absolute Gasteiger partial charge is 0.493 e. The lowest BCUT2D eigenvalue weighted by molar-refractivity contribution is 0.101. The molecule has 0 saturated carbocycles. The summed E-state index contributed by atoms with van der Waals surface area (Å²) in [4.78, 5) is 11.4.